The van der Waals surface area contributed by atoms with Gasteiger partial charge in [0.2, 0.25) is 0 Å². The Labute approximate surface area is 107 Å². The zero-order chi connectivity index (χ0) is 12.8. The minimum atomic E-state index is 0.0475. The molecule has 92 valence electrons. The van der Waals surface area contributed by atoms with Gasteiger partial charge in [0.25, 0.3) is 0 Å². The number of hydrazine groups is 1. The Kier molecular flexibility index (Phi) is 4.24. The van der Waals surface area contributed by atoms with Crippen molar-refractivity contribution in [3.8, 4) is 11.8 Å². The SMILES string of the molecule is CC#CCCC(NN)c1cccc2nccnc12. The molecular formula is C14H16N4. The monoisotopic (exact) mass is 240 g/mol. The van der Waals surface area contributed by atoms with Gasteiger partial charge in [0.15, 0.2) is 0 Å². The summed E-state index contributed by atoms with van der Waals surface area (Å²) in [4.78, 5) is 8.68. The zero-order valence-corrected chi connectivity index (χ0v) is 10.4. The highest BCUT2D eigenvalue weighted by Gasteiger charge is 2.13. The molecule has 4 heteroatoms. The van der Waals surface area contributed by atoms with Crippen molar-refractivity contribution in [2.75, 3.05) is 0 Å². The summed E-state index contributed by atoms with van der Waals surface area (Å²) in [5.74, 6) is 11.6. The number of nitrogens with zero attached hydrogens (tertiary/aromatic N) is 2. The van der Waals surface area contributed by atoms with E-state index in [1.165, 1.54) is 0 Å². The number of rotatable bonds is 4. The first kappa shape index (κ1) is 12.5. The molecule has 0 aliphatic carbocycles. The molecule has 1 aromatic heterocycles. The van der Waals surface area contributed by atoms with Crippen LogP contribution in [0.4, 0.5) is 0 Å². The van der Waals surface area contributed by atoms with E-state index in [4.69, 9.17) is 5.84 Å². The Morgan fingerprint density at radius 3 is 2.94 bits per heavy atom. The number of nitrogens with one attached hydrogen (secondary N) is 1. The van der Waals surface area contributed by atoms with Crippen molar-refractivity contribution >= 4 is 11.0 Å². The summed E-state index contributed by atoms with van der Waals surface area (Å²) in [6.07, 6.45) is 5.06. The molecule has 4 nitrogen and oxygen atoms in total. The third-order valence-corrected chi connectivity index (χ3v) is 2.84. The lowest BCUT2D eigenvalue weighted by Gasteiger charge is -2.16. The van der Waals surface area contributed by atoms with Crippen molar-refractivity contribution in [1.29, 1.82) is 0 Å². The molecule has 1 aromatic carbocycles. The molecule has 0 saturated heterocycles. The summed E-state index contributed by atoms with van der Waals surface area (Å²) in [6, 6.07) is 6.00. The summed E-state index contributed by atoms with van der Waals surface area (Å²) in [7, 11) is 0. The smallest absolute Gasteiger partial charge is 0.0935 e. The van der Waals surface area contributed by atoms with E-state index < -0.39 is 0 Å². The molecule has 1 heterocycles. The molecule has 2 rings (SSSR count). The minimum absolute atomic E-state index is 0.0475. The van der Waals surface area contributed by atoms with Crippen LogP contribution in [0.5, 0.6) is 0 Å². The maximum atomic E-state index is 5.63. The van der Waals surface area contributed by atoms with Crippen LogP contribution in [-0.4, -0.2) is 9.97 Å². The molecule has 0 radical (unpaired) electrons. The summed E-state index contributed by atoms with van der Waals surface area (Å²) in [5.41, 5.74) is 5.69. The molecule has 0 aliphatic heterocycles. The maximum absolute atomic E-state index is 5.63. The van der Waals surface area contributed by atoms with Gasteiger partial charge >= 0.3 is 0 Å². The van der Waals surface area contributed by atoms with Crippen LogP contribution in [0.1, 0.15) is 31.4 Å². The molecule has 3 N–H and O–H groups in total. The van der Waals surface area contributed by atoms with Gasteiger partial charge in [0.05, 0.1) is 11.0 Å². The molecule has 0 saturated carbocycles. The fraction of sp³-hybridized carbons (Fsp3) is 0.286. The normalized spacial score (nSPS) is 11.9. The first-order chi connectivity index (χ1) is 8.86. The lowest BCUT2D eigenvalue weighted by molar-refractivity contribution is 0.526. The van der Waals surface area contributed by atoms with Gasteiger partial charge in [-0.25, -0.2) is 0 Å². The Morgan fingerprint density at radius 2 is 2.17 bits per heavy atom. The van der Waals surface area contributed by atoms with Gasteiger partial charge < -0.3 is 0 Å². The molecule has 0 amide bonds. The van der Waals surface area contributed by atoms with Gasteiger partial charge in [-0.1, -0.05) is 12.1 Å². The van der Waals surface area contributed by atoms with E-state index in [2.05, 4.69) is 27.2 Å². The van der Waals surface area contributed by atoms with Crippen molar-refractivity contribution in [2.24, 2.45) is 5.84 Å². The number of nitrogens with two attached hydrogens (primary N) is 1. The lowest BCUT2D eigenvalue weighted by Crippen LogP contribution is -2.28. The summed E-state index contributed by atoms with van der Waals surface area (Å²) >= 11 is 0. The highest BCUT2D eigenvalue weighted by molar-refractivity contribution is 5.78. The average molecular weight is 240 g/mol. The van der Waals surface area contributed by atoms with Crippen LogP contribution in [0, 0.1) is 11.8 Å². The van der Waals surface area contributed by atoms with Crippen LogP contribution in [0.2, 0.25) is 0 Å². The van der Waals surface area contributed by atoms with E-state index in [-0.39, 0.29) is 6.04 Å². The Hall–Kier alpha value is -1.96. The molecule has 0 bridgehead atoms. The number of hydrogen-bond donors (Lipinski definition) is 2. The predicted molar refractivity (Wildman–Crippen MR) is 72.3 cm³/mol. The second-order valence-corrected chi connectivity index (χ2v) is 3.96. The number of hydrogen-bond acceptors (Lipinski definition) is 4. The summed E-state index contributed by atoms with van der Waals surface area (Å²) in [5, 5.41) is 0. The van der Waals surface area contributed by atoms with Gasteiger partial charge in [-0.3, -0.25) is 21.2 Å². The highest BCUT2D eigenvalue weighted by atomic mass is 15.2. The van der Waals surface area contributed by atoms with Crippen LogP contribution in [0.15, 0.2) is 30.6 Å². The van der Waals surface area contributed by atoms with Crippen LogP contribution >= 0.6 is 0 Å². The molecule has 2 aromatic rings. The zero-order valence-electron chi connectivity index (χ0n) is 10.4. The highest BCUT2D eigenvalue weighted by Crippen LogP contribution is 2.23. The number of fused-ring (bicyclic) bond motifs is 1. The van der Waals surface area contributed by atoms with E-state index in [0.29, 0.717) is 0 Å². The molecule has 1 unspecified atom stereocenters. The fourth-order valence-electron chi connectivity index (χ4n) is 1.97. The Morgan fingerprint density at radius 1 is 1.33 bits per heavy atom. The lowest BCUT2D eigenvalue weighted by atomic mass is 10.0. The largest absolute Gasteiger partial charge is 0.271 e. The van der Waals surface area contributed by atoms with Gasteiger partial charge in [-0.15, -0.1) is 11.8 Å². The summed E-state index contributed by atoms with van der Waals surface area (Å²) < 4.78 is 0. The van der Waals surface area contributed by atoms with E-state index >= 15 is 0 Å². The van der Waals surface area contributed by atoms with Crippen molar-refractivity contribution in [3.63, 3.8) is 0 Å². The molecule has 0 spiro atoms. The second-order valence-electron chi connectivity index (χ2n) is 3.96. The quantitative estimate of drug-likeness (QED) is 0.487. The van der Waals surface area contributed by atoms with Crippen LogP contribution in [0.3, 0.4) is 0 Å². The van der Waals surface area contributed by atoms with E-state index in [1.807, 2.05) is 25.1 Å². The number of para-hydroxylation sites is 1. The van der Waals surface area contributed by atoms with Crippen molar-refractivity contribution < 1.29 is 0 Å². The standard InChI is InChI=1S/C14H16N4/c1-2-3-4-7-12(18-15)11-6-5-8-13-14(11)17-10-9-16-13/h5-6,8-10,12,18H,4,7,15H2,1H3. The predicted octanol–water partition coefficient (Wildman–Crippen LogP) is 1.94. The van der Waals surface area contributed by atoms with Crippen LogP contribution in [0.25, 0.3) is 11.0 Å². The van der Waals surface area contributed by atoms with Crippen molar-refractivity contribution in [3.05, 3.63) is 36.2 Å². The van der Waals surface area contributed by atoms with Crippen LogP contribution in [-0.2, 0) is 0 Å². The fourth-order valence-corrected chi connectivity index (χ4v) is 1.97. The minimum Gasteiger partial charge on any atom is -0.271 e. The van der Waals surface area contributed by atoms with Gasteiger partial charge in [-0.2, -0.15) is 0 Å². The summed E-state index contributed by atoms with van der Waals surface area (Å²) in [6.45, 7) is 1.84. The molecule has 0 aliphatic rings. The van der Waals surface area contributed by atoms with Crippen molar-refractivity contribution in [1.82, 2.24) is 15.4 Å². The second kappa shape index (κ2) is 6.10. The topological polar surface area (TPSA) is 63.8 Å². The molecular weight excluding hydrogens is 224 g/mol. The van der Waals surface area contributed by atoms with E-state index in [1.54, 1.807) is 12.4 Å². The maximum Gasteiger partial charge on any atom is 0.0935 e. The van der Waals surface area contributed by atoms with E-state index in [9.17, 15) is 0 Å². The first-order valence-corrected chi connectivity index (χ1v) is 5.92. The molecule has 0 fully saturated rings. The average Bonchev–Trinajstić information content (AvgIpc) is 2.43. The third kappa shape index (κ3) is 2.65. The van der Waals surface area contributed by atoms with Gasteiger partial charge in [0, 0.05) is 24.9 Å². The molecule has 1 atom stereocenters. The van der Waals surface area contributed by atoms with Crippen LogP contribution < -0.4 is 11.3 Å². The van der Waals surface area contributed by atoms with Crippen molar-refractivity contribution in [2.45, 2.75) is 25.8 Å². The third-order valence-electron chi connectivity index (χ3n) is 2.84. The first-order valence-electron chi connectivity index (χ1n) is 5.92. The van der Waals surface area contributed by atoms with E-state index in [0.717, 1.165) is 29.4 Å². The van der Waals surface area contributed by atoms with Gasteiger partial charge in [-0.05, 0) is 25.0 Å². The molecule has 18 heavy (non-hydrogen) atoms. The number of aromatic nitrogens is 2. The Balaban J connectivity index is 2.34. The van der Waals surface area contributed by atoms with Gasteiger partial charge in [0.1, 0.15) is 0 Å². The Bertz CT molecular complexity index is 578. The number of benzene rings is 1.